The zero-order valence-electron chi connectivity index (χ0n) is 14.9. The standard InChI is InChI=1S/C19H19BrF2N2O3S/c20-14-4-5-18-13(10-14)11-27-12-24(18)15-6-8-23(9-7-15)28(25,26)19-16(21)2-1-3-17(19)22/h1-5,10,15H,6-9,11-12H2. The van der Waals surface area contributed by atoms with Gasteiger partial charge in [0.05, 0.1) is 6.61 Å². The van der Waals surface area contributed by atoms with Gasteiger partial charge >= 0.3 is 0 Å². The minimum Gasteiger partial charge on any atom is -0.356 e. The number of anilines is 1. The van der Waals surface area contributed by atoms with E-state index in [0.29, 0.717) is 26.2 Å². The monoisotopic (exact) mass is 472 g/mol. The zero-order chi connectivity index (χ0) is 19.9. The summed E-state index contributed by atoms with van der Waals surface area (Å²) in [5.74, 6) is -2.13. The van der Waals surface area contributed by atoms with Crippen molar-refractivity contribution >= 4 is 31.6 Å². The van der Waals surface area contributed by atoms with Crippen molar-refractivity contribution in [2.24, 2.45) is 0 Å². The first-order chi connectivity index (χ1) is 13.4. The molecule has 5 nitrogen and oxygen atoms in total. The molecule has 0 radical (unpaired) electrons. The first-order valence-electron chi connectivity index (χ1n) is 8.95. The Labute approximate surface area is 171 Å². The van der Waals surface area contributed by atoms with E-state index in [9.17, 15) is 17.2 Å². The molecule has 1 fully saturated rings. The molecule has 0 unspecified atom stereocenters. The van der Waals surface area contributed by atoms with Crippen LogP contribution in [0.4, 0.5) is 14.5 Å². The molecule has 2 aliphatic rings. The van der Waals surface area contributed by atoms with Gasteiger partial charge in [-0.15, -0.1) is 0 Å². The van der Waals surface area contributed by atoms with Gasteiger partial charge in [0.1, 0.15) is 18.4 Å². The number of rotatable bonds is 3. The largest absolute Gasteiger partial charge is 0.356 e. The number of piperidine rings is 1. The molecule has 9 heteroatoms. The van der Waals surface area contributed by atoms with Gasteiger partial charge in [0.2, 0.25) is 10.0 Å². The summed E-state index contributed by atoms with van der Waals surface area (Å²) in [6.07, 6.45) is 1.10. The summed E-state index contributed by atoms with van der Waals surface area (Å²) >= 11 is 3.46. The Morgan fingerprint density at radius 2 is 1.75 bits per heavy atom. The van der Waals surface area contributed by atoms with Gasteiger partial charge in [-0.1, -0.05) is 22.0 Å². The third kappa shape index (κ3) is 3.56. The summed E-state index contributed by atoms with van der Waals surface area (Å²) in [5.41, 5.74) is 2.15. The molecule has 2 heterocycles. The molecule has 4 rings (SSSR count). The summed E-state index contributed by atoms with van der Waals surface area (Å²) in [6.45, 7) is 1.37. The summed E-state index contributed by atoms with van der Waals surface area (Å²) in [5, 5.41) is 0. The van der Waals surface area contributed by atoms with Gasteiger partial charge in [-0.25, -0.2) is 17.2 Å². The summed E-state index contributed by atoms with van der Waals surface area (Å²) in [4.78, 5) is 1.27. The lowest BCUT2D eigenvalue weighted by Gasteiger charge is -2.41. The van der Waals surface area contributed by atoms with Crippen LogP contribution >= 0.6 is 15.9 Å². The van der Waals surface area contributed by atoms with Crippen LogP contribution in [0.3, 0.4) is 0 Å². The quantitative estimate of drug-likeness (QED) is 0.680. The molecule has 0 aromatic heterocycles. The Hall–Kier alpha value is -1.55. The molecule has 0 N–H and O–H groups in total. The van der Waals surface area contributed by atoms with Crippen LogP contribution in [0.1, 0.15) is 18.4 Å². The molecule has 0 aliphatic carbocycles. The fourth-order valence-corrected chi connectivity index (χ4v) is 5.81. The highest BCUT2D eigenvalue weighted by Gasteiger charge is 2.36. The van der Waals surface area contributed by atoms with E-state index in [1.807, 2.05) is 18.2 Å². The molecule has 0 bridgehead atoms. The molecular formula is C19H19BrF2N2O3S. The predicted octanol–water partition coefficient (Wildman–Crippen LogP) is 3.87. The Balaban J connectivity index is 1.52. The number of nitrogens with zero attached hydrogens (tertiary/aromatic N) is 2. The van der Waals surface area contributed by atoms with E-state index < -0.39 is 26.6 Å². The smallest absolute Gasteiger partial charge is 0.248 e. The van der Waals surface area contributed by atoms with E-state index in [0.717, 1.165) is 38.2 Å². The number of halogens is 3. The van der Waals surface area contributed by atoms with E-state index in [1.165, 1.54) is 0 Å². The molecule has 28 heavy (non-hydrogen) atoms. The number of hydrogen-bond donors (Lipinski definition) is 0. The van der Waals surface area contributed by atoms with Crippen LogP contribution in [0.5, 0.6) is 0 Å². The second-order valence-corrected chi connectivity index (χ2v) is 9.70. The first kappa shape index (κ1) is 19.8. The summed E-state index contributed by atoms with van der Waals surface area (Å²) < 4.78 is 61.3. The Morgan fingerprint density at radius 1 is 1.07 bits per heavy atom. The highest BCUT2D eigenvalue weighted by molar-refractivity contribution is 9.10. The van der Waals surface area contributed by atoms with Gasteiger partial charge < -0.3 is 9.64 Å². The van der Waals surface area contributed by atoms with Gasteiger partial charge in [-0.3, -0.25) is 0 Å². The average Bonchev–Trinajstić information content (AvgIpc) is 2.67. The van der Waals surface area contributed by atoms with E-state index in [4.69, 9.17) is 4.74 Å². The molecule has 1 saturated heterocycles. The number of benzene rings is 2. The maximum absolute atomic E-state index is 14.0. The van der Waals surface area contributed by atoms with Gasteiger partial charge in [0.15, 0.2) is 4.90 Å². The van der Waals surface area contributed by atoms with Gasteiger partial charge in [-0.05, 0) is 43.2 Å². The van der Waals surface area contributed by atoms with Crippen molar-refractivity contribution in [1.29, 1.82) is 0 Å². The molecule has 0 saturated carbocycles. The van der Waals surface area contributed by atoms with Crippen LogP contribution in [-0.4, -0.2) is 38.6 Å². The van der Waals surface area contributed by atoms with Crippen molar-refractivity contribution in [3.63, 3.8) is 0 Å². The molecule has 150 valence electrons. The number of hydrogen-bond acceptors (Lipinski definition) is 4. The lowest BCUT2D eigenvalue weighted by molar-refractivity contribution is 0.0987. The second-order valence-electron chi connectivity index (χ2n) is 6.91. The third-order valence-corrected chi connectivity index (χ3v) is 7.66. The minimum atomic E-state index is -4.22. The van der Waals surface area contributed by atoms with Gasteiger partial charge in [0, 0.05) is 34.9 Å². The van der Waals surface area contributed by atoms with Crippen molar-refractivity contribution in [2.75, 3.05) is 24.7 Å². The maximum atomic E-state index is 14.0. The highest BCUT2D eigenvalue weighted by Crippen LogP contribution is 2.34. The van der Waals surface area contributed by atoms with Gasteiger partial charge in [0.25, 0.3) is 0 Å². The number of fused-ring (bicyclic) bond motifs is 1. The molecule has 0 spiro atoms. The Kier molecular flexibility index (Phi) is 5.43. The van der Waals surface area contributed by atoms with Crippen molar-refractivity contribution in [3.8, 4) is 0 Å². The van der Waals surface area contributed by atoms with Crippen LogP contribution in [0.25, 0.3) is 0 Å². The third-order valence-electron chi connectivity index (χ3n) is 5.22. The van der Waals surface area contributed by atoms with Crippen LogP contribution in [0, 0.1) is 11.6 Å². The highest BCUT2D eigenvalue weighted by atomic mass is 79.9. The average molecular weight is 473 g/mol. The fourth-order valence-electron chi connectivity index (χ4n) is 3.83. The van der Waals surface area contributed by atoms with E-state index in [-0.39, 0.29) is 19.1 Å². The zero-order valence-corrected chi connectivity index (χ0v) is 17.3. The molecule has 2 aromatic rings. The van der Waals surface area contributed by atoms with Crippen molar-refractivity contribution in [3.05, 3.63) is 58.1 Å². The maximum Gasteiger partial charge on any atom is 0.248 e. The number of ether oxygens (including phenoxy) is 1. The molecule has 2 aromatic carbocycles. The lowest BCUT2D eigenvalue weighted by atomic mass is 10.0. The molecule has 2 aliphatic heterocycles. The predicted molar refractivity (Wildman–Crippen MR) is 104 cm³/mol. The Morgan fingerprint density at radius 3 is 2.43 bits per heavy atom. The van der Waals surface area contributed by atoms with Crippen molar-refractivity contribution in [2.45, 2.75) is 30.4 Å². The van der Waals surface area contributed by atoms with Gasteiger partial charge in [-0.2, -0.15) is 4.31 Å². The number of sulfonamides is 1. The molecular weight excluding hydrogens is 454 g/mol. The van der Waals surface area contributed by atoms with E-state index in [2.05, 4.69) is 20.8 Å². The van der Waals surface area contributed by atoms with Crippen LogP contribution < -0.4 is 4.90 Å². The summed E-state index contributed by atoms with van der Waals surface area (Å²) in [7, 11) is -4.22. The molecule has 0 atom stereocenters. The second kappa shape index (κ2) is 7.70. The van der Waals surface area contributed by atoms with Crippen molar-refractivity contribution in [1.82, 2.24) is 4.31 Å². The van der Waals surface area contributed by atoms with Crippen LogP contribution in [-0.2, 0) is 21.4 Å². The summed E-state index contributed by atoms with van der Waals surface area (Å²) in [6, 6.07) is 9.19. The SMILES string of the molecule is O=S(=O)(c1c(F)cccc1F)N1CCC(N2COCc3cc(Br)ccc32)CC1. The minimum absolute atomic E-state index is 0.0946. The first-order valence-corrected chi connectivity index (χ1v) is 11.2. The van der Waals surface area contributed by atoms with E-state index >= 15 is 0 Å². The van der Waals surface area contributed by atoms with Crippen LogP contribution in [0.15, 0.2) is 45.8 Å². The lowest BCUT2D eigenvalue weighted by Crippen LogP contribution is -2.48. The topological polar surface area (TPSA) is 49.9 Å². The van der Waals surface area contributed by atoms with Crippen LogP contribution in [0.2, 0.25) is 0 Å². The van der Waals surface area contributed by atoms with Crippen molar-refractivity contribution < 1.29 is 21.9 Å². The fraction of sp³-hybridized carbons (Fsp3) is 0.368. The Bertz CT molecular complexity index is 974. The van der Waals surface area contributed by atoms with E-state index in [1.54, 1.807) is 0 Å². The molecule has 0 amide bonds. The normalized spacial score (nSPS) is 18.9.